The highest BCUT2D eigenvalue weighted by Crippen LogP contribution is 2.26. The van der Waals surface area contributed by atoms with Gasteiger partial charge in [0.25, 0.3) is 0 Å². The molecule has 68 valence electrons. The predicted molar refractivity (Wildman–Crippen MR) is 50.7 cm³/mol. The number of nitrogens with zero attached hydrogens (tertiary/aromatic N) is 1. The zero-order valence-corrected chi connectivity index (χ0v) is 7.42. The standard InChI is InChI=1S/C9H11N3O/c1-6(13)12-8-3-5-11-9-7(8)2-4-10-9/h3,5H,2,4H2,1H3,(H2,10,11,12,13). The molecule has 4 heteroatoms. The molecular weight excluding hydrogens is 166 g/mol. The van der Waals surface area contributed by atoms with Gasteiger partial charge in [-0.2, -0.15) is 0 Å². The molecule has 0 spiro atoms. The van der Waals surface area contributed by atoms with E-state index in [1.54, 1.807) is 6.20 Å². The fourth-order valence-corrected chi connectivity index (χ4v) is 1.51. The molecule has 0 aliphatic carbocycles. The zero-order chi connectivity index (χ0) is 9.26. The average molecular weight is 177 g/mol. The number of anilines is 2. The van der Waals surface area contributed by atoms with Crippen molar-refractivity contribution in [3.63, 3.8) is 0 Å². The molecule has 2 N–H and O–H groups in total. The SMILES string of the molecule is CC(=O)Nc1ccnc2c1CCN2. The molecule has 0 saturated heterocycles. The van der Waals surface area contributed by atoms with E-state index in [0.717, 1.165) is 30.0 Å². The molecule has 1 aromatic rings. The van der Waals surface area contributed by atoms with E-state index < -0.39 is 0 Å². The summed E-state index contributed by atoms with van der Waals surface area (Å²) in [5, 5.41) is 5.94. The number of amides is 1. The molecule has 1 aliphatic heterocycles. The van der Waals surface area contributed by atoms with Gasteiger partial charge in [0.15, 0.2) is 0 Å². The molecular formula is C9H11N3O. The first-order valence-electron chi connectivity index (χ1n) is 4.27. The first-order valence-corrected chi connectivity index (χ1v) is 4.27. The molecule has 0 radical (unpaired) electrons. The highest BCUT2D eigenvalue weighted by atomic mass is 16.1. The Morgan fingerprint density at radius 3 is 3.31 bits per heavy atom. The van der Waals surface area contributed by atoms with Crippen molar-refractivity contribution in [2.24, 2.45) is 0 Å². The van der Waals surface area contributed by atoms with Crippen molar-refractivity contribution in [1.82, 2.24) is 4.98 Å². The van der Waals surface area contributed by atoms with E-state index in [2.05, 4.69) is 15.6 Å². The summed E-state index contributed by atoms with van der Waals surface area (Å²) in [6.45, 7) is 2.41. The molecule has 1 amide bonds. The van der Waals surface area contributed by atoms with Gasteiger partial charge in [0.05, 0.1) is 0 Å². The van der Waals surface area contributed by atoms with Gasteiger partial charge in [-0.15, -0.1) is 0 Å². The van der Waals surface area contributed by atoms with Gasteiger partial charge in [0.1, 0.15) is 5.82 Å². The number of hydrogen-bond acceptors (Lipinski definition) is 3. The molecule has 0 bridgehead atoms. The van der Waals surface area contributed by atoms with Crippen molar-refractivity contribution in [1.29, 1.82) is 0 Å². The highest BCUT2D eigenvalue weighted by molar-refractivity contribution is 5.90. The third kappa shape index (κ3) is 1.47. The lowest BCUT2D eigenvalue weighted by Crippen LogP contribution is -2.07. The molecule has 2 heterocycles. The van der Waals surface area contributed by atoms with Gasteiger partial charge in [-0.3, -0.25) is 4.79 Å². The molecule has 0 unspecified atom stereocenters. The second-order valence-corrected chi connectivity index (χ2v) is 3.04. The normalized spacial score (nSPS) is 13.3. The Morgan fingerprint density at radius 1 is 1.69 bits per heavy atom. The van der Waals surface area contributed by atoms with Crippen molar-refractivity contribution in [2.75, 3.05) is 17.2 Å². The van der Waals surface area contributed by atoms with Gasteiger partial charge < -0.3 is 10.6 Å². The molecule has 4 nitrogen and oxygen atoms in total. The van der Waals surface area contributed by atoms with Crippen LogP contribution in [-0.2, 0) is 11.2 Å². The fraction of sp³-hybridized carbons (Fsp3) is 0.333. The van der Waals surface area contributed by atoms with Crippen LogP contribution in [0.3, 0.4) is 0 Å². The van der Waals surface area contributed by atoms with Crippen molar-refractivity contribution >= 4 is 17.4 Å². The van der Waals surface area contributed by atoms with E-state index in [4.69, 9.17) is 0 Å². The van der Waals surface area contributed by atoms with Gasteiger partial charge in [-0.1, -0.05) is 0 Å². The minimum atomic E-state index is -0.0414. The third-order valence-corrected chi connectivity index (χ3v) is 2.03. The first-order chi connectivity index (χ1) is 6.27. The fourth-order valence-electron chi connectivity index (χ4n) is 1.51. The van der Waals surface area contributed by atoms with E-state index in [1.165, 1.54) is 6.92 Å². The topological polar surface area (TPSA) is 54.0 Å². The summed E-state index contributed by atoms with van der Waals surface area (Å²) < 4.78 is 0. The van der Waals surface area contributed by atoms with Gasteiger partial charge in [-0.05, 0) is 12.5 Å². The van der Waals surface area contributed by atoms with Crippen molar-refractivity contribution in [3.05, 3.63) is 17.8 Å². The Balaban J connectivity index is 2.36. The van der Waals surface area contributed by atoms with Gasteiger partial charge in [-0.25, -0.2) is 4.98 Å². The second kappa shape index (κ2) is 3.05. The van der Waals surface area contributed by atoms with E-state index in [0.29, 0.717) is 0 Å². The summed E-state index contributed by atoms with van der Waals surface area (Å²) in [5.41, 5.74) is 1.99. The number of carbonyl (C=O) groups is 1. The van der Waals surface area contributed by atoms with Gasteiger partial charge >= 0.3 is 0 Å². The van der Waals surface area contributed by atoms with Crippen LogP contribution in [-0.4, -0.2) is 17.4 Å². The minimum absolute atomic E-state index is 0.0414. The van der Waals surface area contributed by atoms with Crippen LogP contribution in [0.25, 0.3) is 0 Å². The maximum Gasteiger partial charge on any atom is 0.221 e. The first kappa shape index (κ1) is 8.04. The van der Waals surface area contributed by atoms with Crippen LogP contribution in [0.5, 0.6) is 0 Å². The van der Waals surface area contributed by atoms with Crippen LogP contribution in [0.4, 0.5) is 11.5 Å². The summed E-state index contributed by atoms with van der Waals surface area (Å²) in [7, 11) is 0. The lowest BCUT2D eigenvalue weighted by molar-refractivity contribution is -0.114. The average Bonchev–Trinajstić information content (AvgIpc) is 2.51. The lowest BCUT2D eigenvalue weighted by Gasteiger charge is -2.06. The van der Waals surface area contributed by atoms with E-state index in [1.807, 2.05) is 6.07 Å². The van der Waals surface area contributed by atoms with Crippen molar-refractivity contribution in [3.8, 4) is 0 Å². The molecule has 0 atom stereocenters. The van der Waals surface area contributed by atoms with E-state index >= 15 is 0 Å². The van der Waals surface area contributed by atoms with Crippen LogP contribution in [0.2, 0.25) is 0 Å². The molecule has 0 fully saturated rings. The summed E-state index contributed by atoms with van der Waals surface area (Å²) in [6, 6.07) is 1.83. The summed E-state index contributed by atoms with van der Waals surface area (Å²) in [4.78, 5) is 15.0. The minimum Gasteiger partial charge on any atom is -0.369 e. The number of rotatable bonds is 1. The summed E-state index contributed by atoms with van der Waals surface area (Å²) in [6.07, 6.45) is 2.63. The van der Waals surface area contributed by atoms with Gasteiger partial charge in [0.2, 0.25) is 5.91 Å². The largest absolute Gasteiger partial charge is 0.369 e. The van der Waals surface area contributed by atoms with Crippen molar-refractivity contribution < 1.29 is 4.79 Å². The number of nitrogens with one attached hydrogen (secondary N) is 2. The predicted octanol–water partition coefficient (Wildman–Crippen LogP) is 1.01. The molecule has 1 aliphatic rings. The zero-order valence-electron chi connectivity index (χ0n) is 7.42. The van der Waals surface area contributed by atoms with E-state index in [-0.39, 0.29) is 5.91 Å². The smallest absolute Gasteiger partial charge is 0.221 e. The maximum absolute atomic E-state index is 10.9. The number of carbonyl (C=O) groups excluding carboxylic acids is 1. The number of aromatic nitrogens is 1. The number of fused-ring (bicyclic) bond motifs is 1. The summed E-state index contributed by atoms with van der Waals surface area (Å²) in [5.74, 6) is 0.853. The molecule has 0 aromatic carbocycles. The Hall–Kier alpha value is -1.58. The second-order valence-electron chi connectivity index (χ2n) is 3.04. The van der Waals surface area contributed by atoms with Gasteiger partial charge in [0, 0.05) is 30.9 Å². The van der Waals surface area contributed by atoms with E-state index in [9.17, 15) is 4.79 Å². The van der Waals surface area contributed by atoms with Crippen LogP contribution in [0.1, 0.15) is 12.5 Å². The van der Waals surface area contributed by atoms with Crippen LogP contribution < -0.4 is 10.6 Å². The number of hydrogen-bond donors (Lipinski definition) is 2. The van der Waals surface area contributed by atoms with Crippen LogP contribution >= 0.6 is 0 Å². The monoisotopic (exact) mass is 177 g/mol. The Bertz CT molecular complexity index is 349. The Kier molecular flexibility index (Phi) is 1.88. The highest BCUT2D eigenvalue weighted by Gasteiger charge is 2.15. The van der Waals surface area contributed by atoms with Crippen molar-refractivity contribution in [2.45, 2.75) is 13.3 Å². The molecule has 1 aromatic heterocycles. The Morgan fingerprint density at radius 2 is 2.54 bits per heavy atom. The molecule has 13 heavy (non-hydrogen) atoms. The van der Waals surface area contributed by atoms with Crippen LogP contribution in [0, 0.1) is 0 Å². The Labute approximate surface area is 76.4 Å². The van der Waals surface area contributed by atoms with Crippen LogP contribution in [0.15, 0.2) is 12.3 Å². The lowest BCUT2D eigenvalue weighted by atomic mass is 10.2. The maximum atomic E-state index is 10.9. The molecule has 2 rings (SSSR count). The third-order valence-electron chi connectivity index (χ3n) is 2.03. The summed E-state index contributed by atoms with van der Waals surface area (Å²) >= 11 is 0. The number of pyridine rings is 1. The quantitative estimate of drug-likeness (QED) is 0.673. The molecule has 0 saturated carbocycles.